The Morgan fingerprint density at radius 3 is 2.53 bits per heavy atom. The van der Waals surface area contributed by atoms with Crippen LogP contribution in [0.25, 0.3) is 11.1 Å². The Morgan fingerprint density at radius 1 is 1.09 bits per heavy atom. The molecule has 0 saturated carbocycles. The molecule has 1 aromatic heterocycles. The number of hydrogen-bond donors (Lipinski definition) is 0. The lowest BCUT2D eigenvalue weighted by molar-refractivity contribution is -0.139. The van der Waals surface area contributed by atoms with Crippen LogP contribution in [0.3, 0.4) is 0 Å². The van der Waals surface area contributed by atoms with E-state index in [9.17, 15) is 4.79 Å². The lowest BCUT2D eigenvalue weighted by atomic mass is 10.1. The summed E-state index contributed by atoms with van der Waals surface area (Å²) in [6.45, 7) is 1.10. The van der Waals surface area contributed by atoms with Gasteiger partial charge in [0.25, 0.3) is 6.01 Å². The molecule has 0 spiro atoms. The number of likely N-dealkylation sites (N-methyl/N-ethyl adjacent to an activating group) is 1. The Morgan fingerprint density at radius 2 is 1.82 bits per heavy atom. The van der Waals surface area contributed by atoms with Crippen molar-refractivity contribution in [1.82, 2.24) is 4.98 Å². The zero-order valence-electron chi connectivity index (χ0n) is 18.9. The van der Waals surface area contributed by atoms with E-state index >= 15 is 0 Å². The van der Waals surface area contributed by atoms with Gasteiger partial charge in [0.2, 0.25) is 0 Å². The van der Waals surface area contributed by atoms with Crippen LogP contribution in [-0.4, -0.2) is 43.5 Å². The maximum atomic E-state index is 12.3. The van der Waals surface area contributed by atoms with E-state index in [0.29, 0.717) is 30.6 Å². The highest BCUT2D eigenvalue weighted by Crippen LogP contribution is 2.28. The van der Waals surface area contributed by atoms with Crippen LogP contribution in [0.15, 0.2) is 82.1 Å². The van der Waals surface area contributed by atoms with Crippen molar-refractivity contribution in [2.75, 3.05) is 32.2 Å². The van der Waals surface area contributed by atoms with Crippen LogP contribution in [0.1, 0.15) is 5.56 Å². The van der Waals surface area contributed by atoms with Gasteiger partial charge in [-0.3, -0.25) is 4.79 Å². The second-order valence-corrected chi connectivity index (χ2v) is 9.38. The number of halogens is 1. The van der Waals surface area contributed by atoms with Crippen molar-refractivity contribution in [1.29, 1.82) is 0 Å². The molecule has 6 nitrogen and oxygen atoms in total. The Kier molecular flexibility index (Phi) is 7.98. The van der Waals surface area contributed by atoms with E-state index in [1.54, 1.807) is 0 Å². The second kappa shape index (κ2) is 11.3. The zero-order chi connectivity index (χ0) is 23.9. The van der Waals surface area contributed by atoms with Crippen LogP contribution in [0.2, 0.25) is 5.02 Å². The zero-order valence-corrected chi connectivity index (χ0v) is 20.5. The van der Waals surface area contributed by atoms with Crippen molar-refractivity contribution >= 4 is 46.4 Å². The molecule has 3 aromatic carbocycles. The maximum absolute atomic E-state index is 12.3. The van der Waals surface area contributed by atoms with E-state index in [1.807, 2.05) is 84.7 Å². The van der Waals surface area contributed by atoms with Gasteiger partial charge in [-0.1, -0.05) is 35.9 Å². The summed E-state index contributed by atoms with van der Waals surface area (Å²) in [6, 6.07) is 23.4. The Balaban J connectivity index is 1.30. The smallest absolute Gasteiger partial charge is 0.319 e. The molecule has 4 aromatic rings. The molecule has 1 atom stereocenters. The summed E-state index contributed by atoms with van der Waals surface area (Å²) in [4.78, 5) is 19.7. The summed E-state index contributed by atoms with van der Waals surface area (Å²) >= 11 is 7.42. The topological polar surface area (TPSA) is 64.8 Å². The van der Waals surface area contributed by atoms with Crippen molar-refractivity contribution in [3.63, 3.8) is 0 Å². The van der Waals surface area contributed by atoms with Crippen LogP contribution < -0.4 is 9.64 Å². The van der Waals surface area contributed by atoms with Gasteiger partial charge in [0.05, 0.1) is 13.7 Å². The highest BCUT2D eigenvalue weighted by molar-refractivity contribution is 8.00. The molecule has 0 bridgehead atoms. The van der Waals surface area contributed by atoms with Crippen molar-refractivity contribution in [3.05, 3.63) is 83.4 Å². The number of ether oxygens (including phenoxy) is 2. The monoisotopic (exact) mass is 496 g/mol. The quantitative estimate of drug-likeness (QED) is 0.201. The van der Waals surface area contributed by atoms with Crippen molar-refractivity contribution < 1.29 is 18.7 Å². The first-order chi connectivity index (χ1) is 16.5. The molecule has 0 aliphatic heterocycles. The van der Waals surface area contributed by atoms with Crippen LogP contribution in [0.4, 0.5) is 6.01 Å². The third-order valence-corrected chi connectivity index (χ3v) is 6.65. The molecule has 1 heterocycles. The number of anilines is 1. The number of carbonyl (C=O) groups excluding carboxylic acids is 1. The predicted octanol–water partition coefficient (Wildman–Crippen LogP) is 5.87. The van der Waals surface area contributed by atoms with Gasteiger partial charge in [-0.2, -0.15) is 4.98 Å². The summed E-state index contributed by atoms with van der Waals surface area (Å²) in [6.07, 6.45) is 0.542. The van der Waals surface area contributed by atoms with Gasteiger partial charge in [-0.05, 0) is 60.5 Å². The van der Waals surface area contributed by atoms with Crippen LogP contribution in [0, 0.1) is 0 Å². The van der Waals surface area contributed by atoms with Gasteiger partial charge in [-0.25, -0.2) is 0 Å². The molecule has 176 valence electrons. The number of fused-ring (bicyclic) bond motifs is 1. The fourth-order valence-electron chi connectivity index (χ4n) is 3.34. The van der Waals surface area contributed by atoms with Crippen LogP contribution in [-0.2, 0) is 16.0 Å². The molecule has 34 heavy (non-hydrogen) atoms. The normalized spacial score (nSPS) is 11.9. The van der Waals surface area contributed by atoms with E-state index in [2.05, 4.69) is 4.98 Å². The molecular formula is C26H25ClN2O4S. The van der Waals surface area contributed by atoms with Gasteiger partial charge < -0.3 is 18.8 Å². The molecule has 0 N–H and O–H groups in total. The van der Waals surface area contributed by atoms with Gasteiger partial charge in [0, 0.05) is 17.0 Å². The minimum Gasteiger partial charge on any atom is -0.492 e. The highest BCUT2D eigenvalue weighted by Gasteiger charge is 2.21. The maximum Gasteiger partial charge on any atom is 0.319 e. The van der Waals surface area contributed by atoms with Gasteiger partial charge in [0.15, 0.2) is 5.58 Å². The third kappa shape index (κ3) is 6.24. The average Bonchev–Trinajstić information content (AvgIpc) is 3.30. The minimum absolute atomic E-state index is 0.262. The largest absolute Gasteiger partial charge is 0.492 e. The molecule has 4 rings (SSSR count). The van der Waals surface area contributed by atoms with E-state index in [0.717, 1.165) is 27.3 Å². The molecule has 0 aliphatic rings. The molecule has 0 aliphatic carbocycles. The number of hydrogen-bond acceptors (Lipinski definition) is 7. The van der Waals surface area contributed by atoms with Gasteiger partial charge in [0.1, 0.15) is 23.1 Å². The lowest BCUT2D eigenvalue weighted by Gasteiger charge is -2.16. The van der Waals surface area contributed by atoms with E-state index in [4.69, 9.17) is 25.5 Å². The summed E-state index contributed by atoms with van der Waals surface area (Å²) in [5, 5.41) is 0.303. The number of nitrogens with zero attached hydrogens (tertiary/aromatic N) is 2. The fraction of sp³-hybridized carbons (Fsp3) is 0.231. The number of rotatable bonds is 10. The molecular weight excluding hydrogens is 472 g/mol. The first-order valence-corrected chi connectivity index (χ1v) is 12.1. The summed E-state index contributed by atoms with van der Waals surface area (Å²) in [5.41, 5.74) is 2.62. The number of aromatic nitrogens is 1. The van der Waals surface area contributed by atoms with Crippen LogP contribution >= 0.6 is 23.4 Å². The predicted molar refractivity (Wildman–Crippen MR) is 136 cm³/mol. The highest BCUT2D eigenvalue weighted by atomic mass is 35.5. The number of oxazole rings is 1. The first kappa shape index (κ1) is 24.0. The minimum atomic E-state index is -0.358. The molecule has 1 unspecified atom stereocenters. The van der Waals surface area contributed by atoms with Crippen molar-refractivity contribution in [3.8, 4) is 5.75 Å². The average molecular weight is 497 g/mol. The number of benzene rings is 3. The molecule has 0 radical (unpaired) electrons. The molecule has 0 amide bonds. The van der Waals surface area contributed by atoms with E-state index in [-0.39, 0.29) is 11.2 Å². The van der Waals surface area contributed by atoms with Crippen molar-refractivity contribution in [2.24, 2.45) is 0 Å². The Hall–Kier alpha value is -3.16. The first-order valence-electron chi connectivity index (χ1n) is 10.8. The fourth-order valence-corrected chi connectivity index (χ4v) is 4.55. The van der Waals surface area contributed by atoms with E-state index < -0.39 is 0 Å². The van der Waals surface area contributed by atoms with Crippen molar-refractivity contribution in [2.45, 2.75) is 16.6 Å². The molecule has 0 saturated heterocycles. The number of methoxy groups -OCH3 is 1. The van der Waals surface area contributed by atoms with Gasteiger partial charge in [-0.15, -0.1) is 11.8 Å². The SMILES string of the molecule is COC(=O)C(Cc1ccc(OCCN(C)c2nc3ccccc3o2)cc1)Sc1ccc(Cl)cc1. The molecule has 0 fully saturated rings. The summed E-state index contributed by atoms with van der Waals surface area (Å²) < 4.78 is 16.7. The Labute approximate surface area is 207 Å². The van der Waals surface area contributed by atoms with Crippen LogP contribution in [0.5, 0.6) is 5.75 Å². The molecule has 8 heteroatoms. The number of thioether (sulfide) groups is 1. The van der Waals surface area contributed by atoms with E-state index in [1.165, 1.54) is 18.9 Å². The Bertz CT molecular complexity index is 1190. The number of esters is 1. The number of para-hydroxylation sites is 2. The summed E-state index contributed by atoms with van der Waals surface area (Å²) in [5.74, 6) is 0.497. The summed E-state index contributed by atoms with van der Waals surface area (Å²) in [7, 11) is 3.33. The lowest BCUT2D eigenvalue weighted by Crippen LogP contribution is -2.24. The standard InChI is InChI=1S/C26H25ClN2O4S/c1-29(26-28-22-5-3-4-6-23(22)33-26)15-16-32-20-11-7-18(8-12-20)17-24(25(30)31-2)34-21-13-9-19(27)10-14-21/h3-14,24H,15-17H2,1-2H3. The number of carbonyl (C=O) groups is 1. The second-order valence-electron chi connectivity index (χ2n) is 7.67. The third-order valence-electron chi connectivity index (χ3n) is 5.21. The van der Waals surface area contributed by atoms with Gasteiger partial charge >= 0.3 is 5.97 Å².